The molecule has 0 N–H and O–H groups in total. The molecule has 26 heavy (non-hydrogen) atoms. The molecular formula is C20H36O6. The van der Waals surface area contributed by atoms with Crippen LogP contribution < -0.4 is 0 Å². The zero-order chi connectivity index (χ0) is 19.6. The van der Waals surface area contributed by atoms with Crippen molar-refractivity contribution in [3.8, 4) is 0 Å². The second-order valence-electron chi connectivity index (χ2n) is 8.04. The maximum Gasteiger partial charge on any atom is 0.509 e. The van der Waals surface area contributed by atoms with E-state index in [2.05, 4.69) is 13.8 Å². The third-order valence-corrected chi connectivity index (χ3v) is 4.51. The fourth-order valence-corrected chi connectivity index (χ4v) is 2.97. The molecule has 0 heterocycles. The molecule has 0 aromatic rings. The van der Waals surface area contributed by atoms with Crippen LogP contribution in [0.1, 0.15) is 86.0 Å². The van der Waals surface area contributed by atoms with Crippen molar-refractivity contribution in [2.45, 2.75) is 104 Å². The zero-order valence-corrected chi connectivity index (χ0v) is 17.0. The summed E-state index contributed by atoms with van der Waals surface area (Å²) in [4.78, 5) is 23.9. The van der Waals surface area contributed by atoms with Crippen molar-refractivity contribution in [1.29, 1.82) is 0 Å². The van der Waals surface area contributed by atoms with Gasteiger partial charge in [0, 0.05) is 0 Å². The Kier molecular flexibility index (Phi) is 9.81. The minimum Gasteiger partial charge on any atom is -0.434 e. The molecule has 0 bridgehead atoms. The van der Waals surface area contributed by atoms with E-state index in [9.17, 15) is 9.59 Å². The molecule has 0 aromatic heterocycles. The maximum atomic E-state index is 12.0. The summed E-state index contributed by atoms with van der Waals surface area (Å²) >= 11 is 0. The molecule has 0 spiro atoms. The van der Waals surface area contributed by atoms with E-state index in [0.29, 0.717) is 25.4 Å². The molecule has 0 saturated heterocycles. The summed E-state index contributed by atoms with van der Waals surface area (Å²) in [6.07, 6.45) is 5.11. The summed E-state index contributed by atoms with van der Waals surface area (Å²) < 4.78 is 21.3. The van der Waals surface area contributed by atoms with E-state index in [4.69, 9.17) is 18.9 Å². The molecule has 1 aliphatic rings. The first kappa shape index (κ1) is 22.6. The molecule has 152 valence electrons. The molecule has 0 radical (unpaired) electrons. The Hall–Kier alpha value is -1.46. The average Bonchev–Trinajstić information content (AvgIpc) is 2.55. The first-order chi connectivity index (χ1) is 12.2. The van der Waals surface area contributed by atoms with E-state index in [-0.39, 0.29) is 0 Å². The summed E-state index contributed by atoms with van der Waals surface area (Å²) in [5, 5.41) is 0. The summed E-state index contributed by atoms with van der Waals surface area (Å²) in [6, 6.07) is 0. The second-order valence-corrected chi connectivity index (χ2v) is 8.04. The molecule has 1 fully saturated rings. The van der Waals surface area contributed by atoms with Gasteiger partial charge >= 0.3 is 12.3 Å². The van der Waals surface area contributed by atoms with E-state index in [1.165, 1.54) is 0 Å². The number of unbranched alkanes of at least 4 members (excludes halogenated alkanes) is 1. The number of rotatable bonds is 8. The van der Waals surface area contributed by atoms with Crippen molar-refractivity contribution >= 4 is 12.3 Å². The zero-order valence-electron chi connectivity index (χ0n) is 17.0. The van der Waals surface area contributed by atoms with Crippen molar-refractivity contribution in [2.75, 3.05) is 6.61 Å². The number of ether oxygens (including phenoxy) is 4. The van der Waals surface area contributed by atoms with Crippen LogP contribution in [0.2, 0.25) is 0 Å². The van der Waals surface area contributed by atoms with Crippen LogP contribution in [-0.4, -0.2) is 36.7 Å². The standard InChI is InChI=1S/C20H36O6/c1-6-8-11-15(7-2)14-23-18(21)24-16-12-9-10-13-17(16)25-19(22)26-20(3,4)5/h15-17H,6-14H2,1-5H3. The quantitative estimate of drug-likeness (QED) is 0.515. The Balaban J connectivity index is 2.46. The average molecular weight is 373 g/mol. The Bertz CT molecular complexity index is 429. The Morgan fingerprint density at radius 2 is 1.58 bits per heavy atom. The fraction of sp³-hybridized carbons (Fsp3) is 0.900. The van der Waals surface area contributed by atoms with Gasteiger partial charge in [0.25, 0.3) is 0 Å². The van der Waals surface area contributed by atoms with Crippen molar-refractivity contribution < 1.29 is 28.5 Å². The van der Waals surface area contributed by atoms with E-state index in [1.807, 2.05) is 0 Å². The first-order valence-electron chi connectivity index (χ1n) is 9.98. The number of carbonyl (C=O) groups is 2. The highest BCUT2D eigenvalue weighted by Gasteiger charge is 2.33. The second kappa shape index (κ2) is 11.3. The van der Waals surface area contributed by atoms with Gasteiger partial charge in [-0.2, -0.15) is 0 Å². The first-order valence-corrected chi connectivity index (χ1v) is 9.98. The van der Waals surface area contributed by atoms with Crippen LogP contribution in [0.3, 0.4) is 0 Å². The van der Waals surface area contributed by atoms with Crippen molar-refractivity contribution in [1.82, 2.24) is 0 Å². The monoisotopic (exact) mass is 372 g/mol. The van der Waals surface area contributed by atoms with Crippen molar-refractivity contribution in [3.05, 3.63) is 0 Å². The molecule has 1 rings (SSSR count). The third kappa shape index (κ3) is 9.30. The van der Waals surface area contributed by atoms with Crippen LogP contribution in [0.25, 0.3) is 0 Å². The lowest BCUT2D eigenvalue weighted by Crippen LogP contribution is -2.39. The molecule has 6 nitrogen and oxygen atoms in total. The lowest BCUT2D eigenvalue weighted by atomic mass is 9.94. The normalized spacial score (nSPS) is 21.6. The highest BCUT2D eigenvalue weighted by Crippen LogP contribution is 2.25. The molecule has 0 aromatic carbocycles. The summed E-state index contributed by atoms with van der Waals surface area (Å²) in [5.41, 5.74) is -0.616. The number of hydrogen-bond acceptors (Lipinski definition) is 6. The van der Waals surface area contributed by atoms with Gasteiger partial charge in [0.15, 0.2) is 0 Å². The fourth-order valence-electron chi connectivity index (χ4n) is 2.97. The predicted octanol–water partition coefficient (Wildman–Crippen LogP) is 5.62. The van der Waals surface area contributed by atoms with Crippen LogP contribution >= 0.6 is 0 Å². The van der Waals surface area contributed by atoms with Gasteiger partial charge in [-0.3, -0.25) is 0 Å². The van der Waals surface area contributed by atoms with Gasteiger partial charge in [-0.15, -0.1) is 0 Å². The third-order valence-electron chi connectivity index (χ3n) is 4.51. The highest BCUT2D eigenvalue weighted by atomic mass is 16.8. The van der Waals surface area contributed by atoms with E-state index in [0.717, 1.165) is 38.5 Å². The predicted molar refractivity (Wildman–Crippen MR) is 99.1 cm³/mol. The molecule has 3 atom stereocenters. The van der Waals surface area contributed by atoms with Crippen molar-refractivity contribution in [2.24, 2.45) is 5.92 Å². The minimum absolute atomic E-state index is 0.364. The molecule has 6 heteroatoms. The van der Waals surface area contributed by atoms with Gasteiger partial charge in [-0.1, -0.05) is 33.1 Å². The van der Waals surface area contributed by atoms with Crippen LogP contribution in [0, 0.1) is 5.92 Å². The summed E-state index contributed by atoms with van der Waals surface area (Å²) in [5.74, 6) is 0.364. The molecule has 1 saturated carbocycles. The highest BCUT2D eigenvalue weighted by molar-refractivity contribution is 5.61. The molecule has 3 unspecified atom stereocenters. The van der Waals surface area contributed by atoms with Gasteiger partial charge in [-0.25, -0.2) is 9.59 Å². The minimum atomic E-state index is -0.725. The van der Waals surface area contributed by atoms with Gasteiger partial charge < -0.3 is 18.9 Å². The largest absolute Gasteiger partial charge is 0.509 e. The van der Waals surface area contributed by atoms with E-state index in [1.54, 1.807) is 20.8 Å². The van der Waals surface area contributed by atoms with Crippen LogP contribution in [0.5, 0.6) is 0 Å². The van der Waals surface area contributed by atoms with Crippen molar-refractivity contribution in [3.63, 3.8) is 0 Å². The van der Waals surface area contributed by atoms with Gasteiger partial charge in [0.2, 0.25) is 0 Å². The maximum absolute atomic E-state index is 12.0. The van der Waals surface area contributed by atoms with E-state index < -0.39 is 30.1 Å². The number of carbonyl (C=O) groups excluding carboxylic acids is 2. The van der Waals surface area contributed by atoms with Gasteiger partial charge in [0.1, 0.15) is 17.8 Å². The lowest BCUT2D eigenvalue weighted by molar-refractivity contribution is -0.0865. The molecule has 1 aliphatic carbocycles. The van der Waals surface area contributed by atoms with E-state index >= 15 is 0 Å². The van der Waals surface area contributed by atoms with Crippen LogP contribution in [0.4, 0.5) is 9.59 Å². The Morgan fingerprint density at radius 3 is 2.08 bits per heavy atom. The SMILES string of the molecule is CCCCC(CC)COC(=O)OC1CCCCC1OC(=O)OC(C)(C)C. The van der Waals surface area contributed by atoms with Crippen LogP contribution in [0.15, 0.2) is 0 Å². The lowest BCUT2D eigenvalue weighted by Gasteiger charge is -2.31. The topological polar surface area (TPSA) is 71.1 Å². The van der Waals surface area contributed by atoms with Gasteiger partial charge in [0.05, 0.1) is 6.61 Å². The smallest absolute Gasteiger partial charge is 0.434 e. The Morgan fingerprint density at radius 1 is 1.00 bits per heavy atom. The van der Waals surface area contributed by atoms with Gasteiger partial charge in [-0.05, 0) is 58.8 Å². The van der Waals surface area contributed by atoms with Crippen LogP contribution in [-0.2, 0) is 18.9 Å². The summed E-state index contributed by atoms with van der Waals surface area (Å²) in [6.45, 7) is 9.96. The molecule has 0 aliphatic heterocycles. The Labute approximate surface area is 157 Å². The molecular weight excluding hydrogens is 336 g/mol. The summed E-state index contributed by atoms with van der Waals surface area (Å²) in [7, 11) is 0. The molecule has 0 amide bonds. The number of hydrogen-bond donors (Lipinski definition) is 0.